The van der Waals surface area contributed by atoms with Gasteiger partial charge in [0.05, 0.1) is 11.8 Å². The van der Waals surface area contributed by atoms with Crippen molar-refractivity contribution in [1.82, 2.24) is 15.1 Å². The maximum Gasteiger partial charge on any atom is 0.254 e. The van der Waals surface area contributed by atoms with E-state index in [1.807, 2.05) is 14.0 Å². The molecule has 5 heteroatoms. The molecular weight excluding hydrogens is 204 g/mol. The van der Waals surface area contributed by atoms with Gasteiger partial charge in [-0.2, -0.15) is 5.10 Å². The van der Waals surface area contributed by atoms with Crippen LogP contribution in [0.3, 0.4) is 0 Å². The monoisotopic (exact) mass is 222 g/mol. The van der Waals surface area contributed by atoms with Gasteiger partial charge in [-0.05, 0) is 25.7 Å². The summed E-state index contributed by atoms with van der Waals surface area (Å²) in [5.41, 5.74) is 7.24. The summed E-state index contributed by atoms with van der Waals surface area (Å²) in [6.45, 7) is 2.61. The highest BCUT2D eigenvalue weighted by Crippen LogP contribution is 2.24. The zero-order chi connectivity index (χ0) is 11.7. The molecule has 0 atom stereocenters. The predicted octanol–water partition coefficient (Wildman–Crippen LogP) is 0.196. The zero-order valence-electron chi connectivity index (χ0n) is 9.73. The second kappa shape index (κ2) is 4.25. The van der Waals surface area contributed by atoms with E-state index in [1.54, 1.807) is 10.9 Å². The van der Waals surface area contributed by atoms with Crippen molar-refractivity contribution in [2.45, 2.75) is 25.8 Å². The van der Waals surface area contributed by atoms with E-state index in [2.05, 4.69) is 10.4 Å². The van der Waals surface area contributed by atoms with Crippen molar-refractivity contribution in [2.75, 3.05) is 6.54 Å². The Morgan fingerprint density at radius 2 is 2.38 bits per heavy atom. The summed E-state index contributed by atoms with van der Waals surface area (Å²) in [6.07, 6.45) is 3.65. The summed E-state index contributed by atoms with van der Waals surface area (Å²) in [7, 11) is 1.83. The quantitative estimate of drug-likeness (QED) is 0.767. The van der Waals surface area contributed by atoms with Crippen LogP contribution in [0.15, 0.2) is 6.20 Å². The molecule has 1 amide bonds. The molecule has 2 rings (SSSR count). The van der Waals surface area contributed by atoms with Crippen LogP contribution in [0.5, 0.6) is 0 Å². The SMILES string of the molecule is Cc1c(C(=O)NCC2CC(N)C2)cnn1C. The van der Waals surface area contributed by atoms with Gasteiger partial charge >= 0.3 is 0 Å². The van der Waals surface area contributed by atoms with Crippen molar-refractivity contribution in [2.24, 2.45) is 18.7 Å². The van der Waals surface area contributed by atoms with Crippen molar-refractivity contribution in [1.29, 1.82) is 0 Å². The average Bonchev–Trinajstić information content (AvgIpc) is 2.53. The van der Waals surface area contributed by atoms with E-state index in [4.69, 9.17) is 5.73 Å². The van der Waals surface area contributed by atoms with Gasteiger partial charge in [0.1, 0.15) is 0 Å². The van der Waals surface area contributed by atoms with E-state index < -0.39 is 0 Å². The Hall–Kier alpha value is -1.36. The first-order valence-corrected chi connectivity index (χ1v) is 5.60. The molecule has 3 N–H and O–H groups in total. The lowest BCUT2D eigenvalue weighted by Gasteiger charge is -2.32. The van der Waals surface area contributed by atoms with Gasteiger partial charge < -0.3 is 11.1 Å². The summed E-state index contributed by atoms with van der Waals surface area (Å²) >= 11 is 0. The van der Waals surface area contributed by atoms with Gasteiger partial charge in [-0.1, -0.05) is 0 Å². The fraction of sp³-hybridized carbons (Fsp3) is 0.636. The molecule has 1 aliphatic carbocycles. The third-order valence-electron chi connectivity index (χ3n) is 3.30. The van der Waals surface area contributed by atoms with Gasteiger partial charge in [-0.25, -0.2) is 0 Å². The molecule has 0 radical (unpaired) electrons. The maximum atomic E-state index is 11.8. The molecule has 0 unspecified atom stereocenters. The molecule has 1 fully saturated rings. The molecule has 0 aliphatic heterocycles. The Morgan fingerprint density at radius 1 is 1.69 bits per heavy atom. The molecule has 1 aromatic rings. The fourth-order valence-electron chi connectivity index (χ4n) is 2.01. The number of rotatable bonds is 3. The lowest BCUT2D eigenvalue weighted by atomic mass is 9.81. The third kappa shape index (κ3) is 2.09. The van der Waals surface area contributed by atoms with Crippen LogP contribution in [0.4, 0.5) is 0 Å². The standard InChI is InChI=1S/C11H18N4O/c1-7-10(6-14-15(7)2)11(16)13-5-8-3-9(12)4-8/h6,8-9H,3-5,12H2,1-2H3,(H,13,16). The highest BCUT2D eigenvalue weighted by molar-refractivity contribution is 5.95. The topological polar surface area (TPSA) is 72.9 Å². The highest BCUT2D eigenvalue weighted by Gasteiger charge is 2.26. The van der Waals surface area contributed by atoms with Crippen LogP contribution >= 0.6 is 0 Å². The molecule has 0 saturated heterocycles. The van der Waals surface area contributed by atoms with Crippen molar-refractivity contribution < 1.29 is 4.79 Å². The van der Waals surface area contributed by atoms with Crippen molar-refractivity contribution in [3.63, 3.8) is 0 Å². The minimum atomic E-state index is -0.0360. The molecule has 1 heterocycles. The van der Waals surface area contributed by atoms with Crippen LogP contribution in [0.1, 0.15) is 28.9 Å². The number of nitrogens with zero attached hydrogens (tertiary/aromatic N) is 2. The second-order valence-electron chi connectivity index (χ2n) is 4.57. The number of hydrogen-bond donors (Lipinski definition) is 2. The van der Waals surface area contributed by atoms with Crippen molar-refractivity contribution >= 4 is 5.91 Å². The molecule has 88 valence electrons. The fourth-order valence-corrected chi connectivity index (χ4v) is 2.01. The Bertz CT molecular complexity index is 393. The third-order valence-corrected chi connectivity index (χ3v) is 3.30. The van der Waals surface area contributed by atoms with E-state index in [9.17, 15) is 4.79 Å². The number of nitrogens with one attached hydrogen (secondary N) is 1. The first-order chi connectivity index (χ1) is 7.58. The maximum absolute atomic E-state index is 11.8. The van der Waals surface area contributed by atoms with E-state index in [0.29, 0.717) is 17.5 Å². The first-order valence-electron chi connectivity index (χ1n) is 5.60. The number of carbonyl (C=O) groups is 1. The van der Waals surface area contributed by atoms with E-state index in [-0.39, 0.29) is 5.91 Å². The van der Waals surface area contributed by atoms with E-state index in [1.165, 1.54) is 0 Å². The largest absolute Gasteiger partial charge is 0.352 e. The number of aryl methyl sites for hydroxylation is 1. The average molecular weight is 222 g/mol. The van der Waals surface area contributed by atoms with Gasteiger partial charge in [0.25, 0.3) is 5.91 Å². The molecule has 0 aromatic carbocycles. The summed E-state index contributed by atoms with van der Waals surface area (Å²) < 4.78 is 1.70. The molecule has 0 spiro atoms. The minimum Gasteiger partial charge on any atom is -0.352 e. The lowest BCUT2D eigenvalue weighted by Crippen LogP contribution is -2.42. The molecule has 1 aliphatic rings. The normalized spacial score (nSPS) is 23.9. The number of hydrogen-bond acceptors (Lipinski definition) is 3. The Balaban J connectivity index is 1.86. The number of carbonyl (C=O) groups excluding carboxylic acids is 1. The van der Waals surface area contributed by atoms with Gasteiger partial charge in [0.15, 0.2) is 0 Å². The molecule has 1 aromatic heterocycles. The minimum absolute atomic E-state index is 0.0360. The Kier molecular flexibility index (Phi) is 2.96. The van der Waals surface area contributed by atoms with Crippen LogP contribution in [0.25, 0.3) is 0 Å². The van der Waals surface area contributed by atoms with Gasteiger partial charge in [-0.15, -0.1) is 0 Å². The molecule has 16 heavy (non-hydrogen) atoms. The van der Waals surface area contributed by atoms with Gasteiger partial charge in [0.2, 0.25) is 0 Å². The van der Waals surface area contributed by atoms with Crippen LogP contribution < -0.4 is 11.1 Å². The van der Waals surface area contributed by atoms with E-state index in [0.717, 1.165) is 25.1 Å². The zero-order valence-corrected chi connectivity index (χ0v) is 9.73. The predicted molar refractivity (Wildman–Crippen MR) is 61.0 cm³/mol. The Morgan fingerprint density at radius 3 is 2.88 bits per heavy atom. The first kappa shape index (κ1) is 11.1. The van der Waals surface area contributed by atoms with E-state index >= 15 is 0 Å². The van der Waals surface area contributed by atoms with Crippen LogP contribution in [-0.4, -0.2) is 28.3 Å². The summed E-state index contributed by atoms with van der Waals surface area (Å²) in [4.78, 5) is 11.8. The van der Waals surface area contributed by atoms with Crippen molar-refractivity contribution in [3.8, 4) is 0 Å². The lowest BCUT2D eigenvalue weighted by molar-refractivity contribution is 0.0934. The number of amides is 1. The summed E-state index contributed by atoms with van der Waals surface area (Å²) in [5, 5.41) is 6.97. The smallest absolute Gasteiger partial charge is 0.254 e. The van der Waals surface area contributed by atoms with Gasteiger partial charge in [-0.3, -0.25) is 9.48 Å². The number of aromatic nitrogens is 2. The van der Waals surface area contributed by atoms with Gasteiger partial charge in [0, 0.05) is 25.3 Å². The molecular formula is C11H18N4O. The second-order valence-corrected chi connectivity index (χ2v) is 4.57. The van der Waals surface area contributed by atoms with Crippen LogP contribution in [0, 0.1) is 12.8 Å². The van der Waals surface area contributed by atoms with Crippen LogP contribution in [0.2, 0.25) is 0 Å². The summed E-state index contributed by atoms with van der Waals surface area (Å²) in [5.74, 6) is 0.516. The summed E-state index contributed by atoms with van der Waals surface area (Å²) in [6, 6.07) is 0.335. The van der Waals surface area contributed by atoms with Crippen LogP contribution in [-0.2, 0) is 7.05 Å². The molecule has 5 nitrogen and oxygen atoms in total. The van der Waals surface area contributed by atoms with Crippen molar-refractivity contribution in [3.05, 3.63) is 17.5 Å². The molecule has 1 saturated carbocycles. The Labute approximate surface area is 95.0 Å². The highest BCUT2D eigenvalue weighted by atomic mass is 16.1. The molecule has 0 bridgehead atoms. The number of nitrogens with two attached hydrogens (primary N) is 1.